The summed E-state index contributed by atoms with van der Waals surface area (Å²) >= 11 is 0. The van der Waals surface area contributed by atoms with Gasteiger partial charge in [0.1, 0.15) is 0 Å². The van der Waals surface area contributed by atoms with Gasteiger partial charge in [-0.2, -0.15) is 10.1 Å². The van der Waals surface area contributed by atoms with Crippen LogP contribution in [0.1, 0.15) is 28.4 Å². The first kappa shape index (κ1) is 20.3. The van der Waals surface area contributed by atoms with Crippen LogP contribution in [0.5, 0.6) is 0 Å². The number of carbonyl (C=O) groups excluding carboxylic acids is 1. The molecular formula is C24H22N4O3. The third-order valence-electron chi connectivity index (χ3n) is 4.85. The number of carbonyl (C=O) groups is 1. The van der Waals surface area contributed by atoms with Crippen molar-refractivity contribution in [3.8, 4) is 16.9 Å². The zero-order chi connectivity index (χ0) is 21.8. The highest BCUT2D eigenvalue weighted by Gasteiger charge is 2.12. The van der Waals surface area contributed by atoms with Gasteiger partial charge in [0.15, 0.2) is 12.4 Å². The number of hydrogen-bond acceptors (Lipinski definition) is 6. The normalized spacial score (nSPS) is 11.2. The molecule has 0 aliphatic carbocycles. The first-order chi connectivity index (χ1) is 15.0. The second kappa shape index (κ2) is 8.79. The molecule has 156 valence electrons. The molecule has 0 saturated heterocycles. The molecule has 0 unspecified atom stereocenters. The summed E-state index contributed by atoms with van der Waals surface area (Å²) in [6.45, 7) is 5.77. The number of esters is 1. The van der Waals surface area contributed by atoms with Gasteiger partial charge in [-0.3, -0.25) is 0 Å². The topological polar surface area (TPSA) is 83.0 Å². The number of ether oxygens (including phenoxy) is 1. The predicted octanol–water partition coefficient (Wildman–Crippen LogP) is 4.60. The minimum Gasteiger partial charge on any atom is -0.452 e. The maximum atomic E-state index is 12.2. The van der Waals surface area contributed by atoms with Crippen LogP contribution in [0.2, 0.25) is 0 Å². The lowest BCUT2D eigenvalue weighted by molar-refractivity contribution is -0.139. The molecule has 0 amide bonds. The van der Waals surface area contributed by atoms with E-state index >= 15 is 0 Å². The van der Waals surface area contributed by atoms with E-state index in [4.69, 9.17) is 14.4 Å². The monoisotopic (exact) mass is 414 g/mol. The van der Waals surface area contributed by atoms with Crippen LogP contribution in [0.3, 0.4) is 0 Å². The summed E-state index contributed by atoms with van der Waals surface area (Å²) in [5.74, 6) is 0.245. The van der Waals surface area contributed by atoms with E-state index in [1.165, 1.54) is 17.2 Å². The van der Waals surface area contributed by atoms with Crippen LogP contribution < -0.4 is 0 Å². The van der Waals surface area contributed by atoms with Crippen molar-refractivity contribution in [3.63, 3.8) is 0 Å². The average Bonchev–Trinajstić information content (AvgIpc) is 3.39. The standard InChI is InChI=1S/C24H22N4O3/c1-16-9-10-19(13-17(16)2)24-20(14-28(26-24)21-7-5-4-6-8-21)11-12-23(29)30-15-22-25-18(3)27-31-22/h4-14H,15H2,1-3H3/b12-11-. The third kappa shape index (κ3) is 4.78. The summed E-state index contributed by atoms with van der Waals surface area (Å²) in [5.41, 5.74) is 5.88. The molecular weight excluding hydrogens is 392 g/mol. The Morgan fingerprint density at radius 2 is 1.90 bits per heavy atom. The molecule has 7 heteroatoms. The summed E-state index contributed by atoms with van der Waals surface area (Å²) in [6, 6.07) is 16.0. The van der Waals surface area contributed by atoms with Crippen molar-refractivity contribution in [2.45, 2.75) is 27.4 Å². The van der Waals surface area contributed by atoms with Crippen LogP contribution >= 0.6 is 0 Å². The van der Waals surface area contributed by atoms with Crippen molar-refractivity contribution in [1.29, 1.82) is 0 Å². The van der Waals surface area contributed by atoms with Gasteiger partial charge in [0, 0.05) is 23.4 Å². The number of aryl methyl sites for hydroxylation is 3. The number of nitrogens with zero attached hydrogens (tertiary/aromatic N) is 4. The second-order valence-corrected chi connectivity index (χ2v) is 7.19. The fourth-order valence-corrected chi connectivity index (χ4v) is 3.07. The lowest BCUT2D eigenvalue weighted by Crippen LogP contribution is -2.01. The number of rotatable bonds is 6. The smallest absolute Gasteiger partial charge is 0.331 e. The molecule has 0 saturated carbocycles. The van der Waals surface area contributed by atoms with Gasteiger partial charge in [-0.25, -0.2) is 9.48 Å². The Morgan fingerprint density at radius 1 is 1.10 bits per heavy atom. The van der Waals surface area contributed by atoms with Crippen LogP contribution in [0.25, 0.3) is 23.0 Å². The SMILES string of the molecule is Cc1noc(COC(=O)/C=C\c2cn(-c3ccccc3)nc2-c2ccc(C)c(C)c2)n1. The van der Waals surface area contributed by atoms with E-state index < -0.39 is 5.97 Å². The maximum Gasteiger partial charge on any atom is 0.331 e. The highest BCUT2D eigenvalue weighted by molar-refractivity contribution is 5.88. The molecule has 2 heterocycles. The molecule has 0 aliphatic heterocycles. The zero-order valence-electron chi connectivity index (χ0n) is 17.6. The van der Waals surface area contributed by atoms with E-state index in [0.717, 1.165) is 22.5 Å². The van der Waals surface area contributed by atoms with E-state index in [9.17, 15) is 4.79 Å². The van der Waals surface area contributed by atoms with Gasteiger partial charge < -0.3 is 9.26 Å². The lowest BCUT2D eigenvalue weighted by atomic mass is 10.0. The van der Waals surface area contributed by atoms with Crippen molar-refractivity contribution in [3.05, 3.63) is 89.2 Å². The molecule has 0 bridgehead atoms. The minimum absolute atomic E-state index is 0.0721. The first-order valence-corrected chi connectivity index (χ1v) is 9.86. The van der Waals surface area contributed by atoms with Crippen molar-refractivity contribution in [1.82, 2.24) is 19.9 Å². The highest BCUT2D eigenvalue weighted by Crippen LogP contribution is 2.26. The zero-order valence-corrected chi connectivity index (χ0v) is 17.6. The Hall–Kier alpha value is -4.00. The van der Waals surface area contributed by atoms with Crippen LogP contribution in [-0.2, 0) is 16.1 Å². The Labute approximate surface area is 180 Å². The molecule has 0 atom stereocenters. The maximum absolute atomic E-state index is 12.2. The van der Waals surface area contributed by atoms with Crippen molar-refractivity contribution < 1.29 is 14.1 Å². The number of para-hydroxylation sites is 1. The summed E-state index contributed by atoms with van der Waals surface area (Å²) in [4.78, 5) is 16.2. The Morgan fingerprint density at radius 3 is 2.61 bits per heavy atom. The summed E-state index contributed by atoms with van der Waals surface area (Å²) in [6.07, 6.45) is 4.98. The largest absolute Gasteiger partial charge is 0.452 e. The molecule has 2 aromatic heterocycles. The average molecular weight is 414 g/mol. The summed E-state index contributed by atoms with van der Waals surface area (Å²) in [7, 11) is 0. The molecule has 0 aliphatic rings. The van der Waals surface area contributed by atoms with Gasteiger partial charge >= 0.3 is 5.97 Å². The van der Waals surface area contributed by atoms with Crippen molar-refractivity contribution in [2.75, 3.05) is 0 Å². The molecule has 4 rings (SSSR count). The first-order valence-electron chi connectivity index (χ1n) is 9.86. The van der Waals surface area contributed by atoms with Crippen LogP contribution in [0.15, 0.2) is 65.3 Å². The van der Waals surface area contributed by atoms with Gasteiger partial charge in [0.25, 0.3) is 5.89 Å². The van der Waals surface area contributed by atoms with Gasteiger partial charge in [0.05, 0.1) is 11.4 Å². The lowest BCUT2D eigenvalue weighted by Gasteiger charge is -2.04. The van der Waals surface area contributed by atoms with E-state index in [0.29, 0.717) is 5.82 Å². The molecule has 31 heavy (non-hydrogen) atoms. The third-order valence-corrected chi connectivity index (χ3v) is 4.85. The van der Waals surface area contributed by atoms with Gasteiger partial charge in [0.2, 0.25) is 0 Å². The van der Waals surface area contributed by atoms with E-state index in [2.05, 4.69) is 36.1 Å². The molecule has 0 radical (unpaired) electrons. The number of benzene rings is 2. The quantitative estimate of drug-likeness (QED) is 0.339. The molecule has 0 N–H and O–H groups in total. The Bertz CT molecular complexity index is 1240. The fourth-order valence-electron chi connectivity index (χ4n) is 3.07. The molecule has 2 aromatic carbocycles. The van der Waals surface area contributed by atoms with Crippen LogP contribution in [0.4, 0.5) is 0 Å². The van der Waals surface area contributed by atoms with Gasteiger partial charge in [-0.15, -0.1) is 0 Å². The number of hydrogen-bond donors (Lipinski definition) is 0. The fraction of sp³-hybridized carbons (Fsp3) is 0.167. The van der Waals surface area contributed by atoms with Gasteiger partial charge in [-0.05, 0) is 56.2 Å². The Kier molecular flexibility index (Phi) is 5.75. The molecule has 0 fully saturated rings. The minimum atomic E-state index is -0.505. The molecule has 4 aromatic rings. The summed E-state index contributed by atoms with van der Waals surface area (Å²) in [5, 5.41) is 8.45. The highest BCUT2D eigenvalue weighted by atomic mass is 16.6. The number of aromatic nitrogens is 4. The predicted molar refractivity (Wildman–Crippen MR) is 116 cm³/mol. The molecule has 7 nitrogen and oxygen atoms in total. The Balaban J connectivity index is 1.61. The van der Waals surface area contributed by atoms with Crippen LogP contribution in [-0.4, -0.2) is 25.9 Å². The van der Waals surface area contributed by atoms with Crippen molar-refractivity contribution in [2.24, 2.45) is 0 Å². The summed E-state index contributed by atoms with van der Waals surface area (Å²) < 4.78 is 11.9. The van der Waals surface area contributed by atoms with E-state index in [1.807, 2.05) is 42.6 Å². The molecule has 0 spiro atoms. The second-order valence-electron chi connectivity index (χ2n) is 7.19. The van der Waals surface area contributed by atoms with Gasteiger partial charge in [-0.1, -0.05) is 35.5 Å². The van der Waals surface area contributed by atoms with Crippen LogP contribution in [0, 0.1) is 20.8 Å². The van der Waals surface area contributed by atoms with E-state index in [1.54, 1.807) is 17.7 Å². The van der Waals surface area contributed by atoms with E-state index in [-0.39, 0.29) is 12.5 Å². The van der Waals surface area contributed by atoms with Crippen molar-refractivity contribution >= 4 is 12.0 Å².